The highest BCUT2D eigenvalue weighted by Crippen LogP contribution is 2.24. The third-order valence-electron chi connectivity index (χ3n) is 4.50. The van der Waals surface area contributed by atoms with E-state index in [0.717, 1.165) is 43.4 Å². The van der Waals surface area contributed by atoms with Gasteiger partial charge in [-0.2, -0.15) is 0 Å². The van der Waals surface area contributed by atoms with Gasteiger partial charge in [-0.05, 0) is 36.6 Å². The molecule has 0 bridgehead atoms. The van der Waals surface area contributed by atoms with Gasteiger partial charge in [0, 0.05) is 44.6 Å². The number of rotatable bonds is 5. The summed E-state index contributed by atoms with van der Waals surface area (Å²) >= 11 is 0. The number of aromatic nitrogens is 1. The summed E-state index contributed by atoms with van der Waals surface area (Å²) in [5.41, 5.74) is 1.67. The molecule has 5 nitrogen and oxygen atoms in total. The van der Waals surface area contributed by atoms with E-state index in [0.29, 0.717) is 12.5 Å². The van der Waals surface area contributed by atoms with E-state index in [4.69, 9.17) is 0 Å². The molecule has 27 heavy (non-hydrogen) atoms. The number of hydrogen-bond donors (Lipinski definition) is 2. The van der Waals surface area contributed by atoms with E-state index < -0.39 is 11.6 Å². The van der Waals surface area contributed by atoms with Crippen LogP contribution in [0.3, 0.4) is 0 Å². The van der Waals surface area contributed by atoms with E-state index in [2.05, 4.69) is 25.5 Å². The lowest BCUT2D eigenvalue weighted by atomic mass is 10.1. The predicted molar refractivity (Wildman–Crippen MR) is 115 cm³/mol. The average Bonchev–Trinajstić information content (AvgIpc) is 3.14. The summed E-state index contributed by atoms with van der Waals surface area (Å²) in [7, 11) is 1.73. The van der Waals surface area contributed by atoms with Crippen LogP contribution in [0.1, 0.15) is 12.1 Å². The Morgan fingerprint density at radius 3 is 2.78 bits per heavy atom. The van der Waals surface area contributed by atoms with Gasteiger partial charge in [0.1, 0.15) is 0 Å². The second-order valence-electron chi connectivity index (χ2n) is 6.33. The summed E-state index contributed by atoms with van der Waals surface area (Å²) in [6.45, 7) is 3.00. The fourth-order valence-electron chi connectivity index (χ4n) is 3.05. The minimum atomic E-state index is -0.811. The van der Waals surface area contributed by atoms with Crippen LogP contribution in [0.2, 0.25) is 0 Å². The van der Waals surface area contributed by atoms with Crippen LogP contribution < -0.4 is 15.5 Å². The van der Waals surface area contributed by atoms with Gasteiger partial charge in [-0.15, -0.1) is 24.0 Å². The van der Waals surface area contributed by atoms with Gasteiger partial charge in [0.15, 0.2) is 17.6 Å². The molecule has 0 amide bonds. The first-order valence-electron chi connectivity index (χ1n) is 8.70. The van der Waals surface area contributed by atoms with Crippen molar-refractivity contribution in [2.75, 3.05) is 31.6 Å². The lowest BCUT2D eigenvalue weighted by molar-refractivity contribution is 0.508. The Bertz CT molecular complexity index is 757. The Balaban J connectivity index is 0.00000261. The van der Waals surface area contributed by atoms with Crippen molar-refractivity contribution in [3.05, 3.63) is 59.9 Å². The first-order valence-corrected chi connectivity index (χ1v) is 8.70. The highest BCUT2D eigenvalue weighted by molar-refractivity contribution is 14.0. The van der Waals surface area contributed by atoms with Crippen LogP contribution in [-0.2, 0) is 6.54 Å². The van der Waals surface area contributed by atoms with Gasteiger partial charge in [-0.25, -0.2) is 8.78 Å². The normalized spacial score (nSPS) is 16.8. The lowest BCUT2D eigenvalue weighted by Crippen LogP contribution is -2.40. The number of hydrogen-bond acceptors (Lipinski definition) is 3. The predicted octanol–water partition coefficient (Wildman–Crippen LogP) is 3.17. The summed E-state index contributed by atoms with van der Waals surface area (Å²) in [6.07, 6.45) is 2.75. The molecule has 2 aromatic rings. The molecule has 1 aliphatic heterocycles. The van der Waals surface area contributed by atoms with Crippen molar-refractivity contribution in [3.8, 4) is 0 Å². The Hall–Kier alpha value is -1.97. The molecule has 2 heterocycles. The first kappa shape index (κ1) is 21.3. The Labute approximate surface area is 175 Å². The number of pyridine rings is 1. The van der Waals surface area contributed by atoms with Crippen LogP contribution in [0, 0.1) is 17.6 Å². The Kier molecular flexibility index (Phi) is 8.21. The molecule has 1 atom stereocenters. The van der Waals surface area contributed by atoms with Gasteiger partial charge in [-0.1, -0.05) is 6.07 Å². The van der Waals surface area contributed by atoms with Crippen LogP contribution in [0.4, 0.5) is 14.5 Å². The van der Waals surface area contributed by atoms with E-state index >= 15 is 0 Å². The fourth-order valence-corrected chi connectivity index (χ4v) is 3.05. The number of nitrogens with one attached hydrogen (secondary N) is 2. The fraction of sp³-hybridized carbons (Fsp3) is 0.368. The first-order chi connectivity index (χ1) is 12.7. The number of benzene rings is 1. The van der Waals surface area contributed by atoms with Crippen molar-refractivity contribution in [2.24, 2.45) is 10.9 Å². The molecule has 3 rings (SSSR count). The van der Waals surface area contributed by atoms with Gasteiger partial charge in [0.25, 0.3) is 0 Å². The molecule has 2 N–H and O–H groups in total. The third-order valence-corrected chi connectivity index (χ3v) is 4.50. The number of anilines is 1. The van der Waals surface area contributed by atoms with Crippen molar-refractivity contribution < 1.29 is 8.78 Å². The maximum atomic E-state index is 13.4. The van der Waals surface area contributed by atoms with Crippen molar-refractivity contribution in [3.63, 3.8) is 0 Å². The molecule has 146 valence electrons. The van der Waals surface area contributed by atoms with E-state index in [9.17, 15) is 8.78 Å². The molecule has 0 saturated carbocycles. The molecular formula is C19H24F2IN5. The molecule has 1 saturated heterocycles. The zero-order valence-corrected chi connectivity index (χ0v) is 17.5. The number of aliphatic imine (C=N–C) groups is 1. The molecule has 1 aromatic heterocycles. The maximum Gasteiger partial charge on any atom is 0.191 e. The third kappa shape index (κ3) is 6.02. The van der Waals surface area contributed by atoms with Gasteiger partial charge in [0.05, 0.1) is 12.2 Å². The molecule has 0 radical (unpaired) electrons. The quantitative estimate of drug-likeness (QED) is 0.387. The molecule has 0 spiro atoms. The highest BCUT2D eigenvalue weighted by Gasteiger charge is 2.23. The van der Waals surface area contributed by atoms with E-state index in [1.54, 1.807) is 19.3 Å². The topological polar surface area (TPSA) is 52.6 Å². The second kappa shape index (κ2) is 10.4. The summed E-state index contributed by atoms with van der Waals surface area (Å²) in [5, 5.41) is 6.56. The van der Waals surface area contributed by atoms with E-state index in [1.807, 2.05) is 18.2 Å². The zero-order chi connectivity index (χ0) is 18.4. The smallest absolute Gasteiger partial charge is 0.191 e. The number of halogens is 3. The van der Waals surface area contributed by atoms with Gasteiger partial charge >= 0.3 is 0 Å². The summed E-state index contributed by atoms with van der Waals surface area (Å²) in [4.78, 5) is 10.6. The van der Waals surface area contributed by atoms with Crippen LogP contribution in [0.15, 0.2) is 47.6 Å². The molecule has 1 unspecified atom stereocenters. The maximum absolute atomic E-state index is 13.4. The van der Waals surface area contributed by atoms with Crippen molar-refractivity contribution >= 4 is 35.6 Å². The van der Waals surface area contributed by atoms with Gasteiger partial charge in [0.2, 0.25) is 0 Å². The van der Waals surface area contributed by atoms with Crippen LogP contribution in [-0.4, -0.2) is 37.6 Å². The molecular weight excluding hydrogens is 463 g/mol. The highest BCUT2D eigenvalue weighted by atomic mass is 127. The summed E-state index contributed by atoms with van der Waals surface area (Å²) < 4.78 is 26.5. The lowest BCUT2D eigenvalue weighted by Gasteiger charge is -2.19. The number of guanidine groups is 1. The van der Waals surface area contributed by atoms with Crippen LogP contribution >= 0.6 is 24.0 Å². The van der Waals surface area contributed by atoms with Crippen molar-refractivity contribution in [1.29, 1.82) is 0 Å². The standard InChI is InChI=1S/C19H23F2N5.HI/c1-22-19(25-12-15-4-2-3-8-23-15)24-11-14-7-9-26(13-14)16-5-6-17(20)18(21)10-16;/h2-6,8,10,14H,7,9,11-13H2,1H3,(H2,22,24,25);1H. The van der Waals surface area contributed by atoms with Gasteiger partial charge < -0.3 is 15.5 Å². The summed E-state index contributed by atoms with van der Waals surface area (Å²) in [5.74, 6) is -0.476. The van der Waals surface area contributed by atoms with Gasteiger partial charge in [-0.3, -0.25) is 9.98 Å². The molecule has 1 aliphatic rings. The SMILES string of the molecule is CN=C(NCc1ccccn1)NCC1CCN(c2ccc(F)c(F)c2)C1.I. The molecule has 0 aliphatic carbocycles. The molecule has 1 fully saturated rings. The largest absolute Gasteiger partial charge is 0.371 e. The minimum Gasteiger partial charge on any atom is -0.371 e. The second-order valence-corrected chi connectivity index (χ2v) is 6.33. The number of nitrogens with zero attached hydrogens (tertiary/aromatic N) is 3. The van der Waals surface area contributed by atoms with Crippen LogP contribution in [0.5, 0.6) is 0 Å². The van der Waals surface area contributed by atoms with E-state index in [1.165, 1.54) is 12.1 Å². The van der Waals surface area contributed by atoms with E-state index in [-0.39, 0.29) is 24.0 Å². The zero-order valence-electron chi connectivity index (χ0n) is 15.2. The van der Waals surface area contributed by atoms with Crippen molar-refractivity contribution in [2.45, 2.75) is 13.0 Å². The average molecular weight is 487 g/mol. The minimum absolute atomic E-state index is 0. The Morgan fingerprint density at radius 2 is 2.07 bits per heavy atom. The summed E-state index contributed by atoms with van der Waals surface area (Å²) in [6, 6.07) is 9.86. The van der Waals surface area contributed by atoms with Crippen LogP contribution in [0.25, 0.3) is 0 Å². The monoisotopic (exact) mass is 487 g/mol. The molecule has 8 heteroatoms. The van der Waals surface area contributed by atoms with Crippen molar-refractivity contribution in [1.82, 2.24) is 15.6 Å². The molecule has 1 aromatic carbocycles. The Morgan fingerprint density at radius 1 is 1.22 bits per heavy atom.